The summed E-state index contributed by atoms with van der Waals surface area (Å²) in [6.45, 7) is 9.53. The average molecular weight is 341 g/mol. The van der Waals surface area contributed by atoms with Gasteiger partial charge in [-0.25, -0.2) is 12.7 Å². The Kier molecular flexibility index (Phi) is 5.95. The zero-order valence-corrected chi connectivity index (χ0v) is 15.7. The SMILES string of the molecule is Cc1ccc(S(=O)(=O)N(C)C)cc1NC(=O)[C@@H](C)NC(C)(C)C. The van der Waals surface area contributed by atoms with Gasteiger partial charge in [-0.05, 0) is 52.3 Å². The minimum Gasteiger partial charge on any atom is -0.324 e. The Hall–Kier alpha value is -1.44. The summed E-state index contributed by atoms with van der Waals surface area (Å²) in [6.07, 6.45) is 0. The number of nitrogens with one attached hydrogen (secondary N) is 2. The van der Waals surface area contributed by atoms with E-state index < -0.39 is 16.1 Å². The van der Waals surface area contributed by atoms with Crippen LogP contribution in [0.1, 0.15) is 33.3 Å². The van der Waals surface area contributed by atoms with Crippen molar-refractivity contribution < 1.29 is 13.2 Å². The second kappa shape index (κ2) is 6.98. The van der Waals surface area contributed by atoms with Gasteiger partial charge in [-0.3, -0.25) is 4.79 Å². The maximum absolute atomic E-state index is 12.3. The summed E-state index contributed by atoms with van der Waals surface area (Å²) in [7, 11) is -0.585. The third kappa shape index (κ3) is 5.30. The van der Waals surface area contributed by atoms with Crippen LogP contribution >= 0.6 is 0 Å². The predicted molar refractivity (Wildman–Crippen MR) is 93.0 cm³/mol. The molecule has 1 aromatic carbocycles. The van der Waals surface area contributed by atoms with Crippen LogP contribution in [0.3, 0.4) is 0 Å². The number of anilines is 1. The Morgan fingerprint density at radius 2 is 1.78 bits per heavy atom. The monoisotopic (exact) mass is 341 g/mol. The van der Waals surface area contributed by atoms with E-state index in [-0.39, 0.29) is 16.3 Å². The van der Waals surface area contributed by atoms with E-state index in [0.717, 1.165) is 9.87 Å². The van der Waals surface area contributed by atoms with Gasteiger partial charge in [0, 0.05) is 25.3 Å². The Bertz CT molecular complexity index is 676. The second-order valence-electron chi connectivity index (χ2n) is 6.87. The summed E-state index contributed by atoms with van der Waals surface area (Å²) in [5, 5.41) is 5.98. The van der Waals surface area contributed by atoms with Gasteiger partial charge in [-0.1, -0.05) is 6.07 Å². The molecule has 0 heterocycles. The van der Waals surface area contributed by atoms with Crippen molar-refractivity contribution in [3.05, 3.63) is 23.8 Å². The van der Waals surface area contributed by atoms with Crippen LogP contribution in [0.4, 0.5) is 5.69 Å². The van der Waals surface area contributed by atoms with Gasteiger partial charge in [-0.2, -0.15) is 0 Å². The lowest BCUT2D eigenvalue weighted by Crippen LogP contribution is -2.48. The Balaban J connectivity index is 3.04. The van der Waals surface area contributed by atoms with Crippen LogP contribution in [0.15, 0.2) is 23.1 Å². The van der Waals surface area contributed by atoms with Gasteiger partial charge in [0.05, 0.1) is 10.9 Å². The van der Waals surface area contributed by atoms with Crippen LogP contribution in [0.2, 0.25) is 0 Å². The number of rotatable bonds is 5. The molecule has 0 aliphatic rings. The smallest absolute Gasteiger partial charge is 0.242 e. The third-order valence-corrected chi connectivity index (χ3v) is 5.10. The zero-order valence-electron chi connectivity index (χ0n) is 14.9. The van der Waals surface area contributed by atoms with Crippen molar-refractivity contribution >= 4 is 21.6 Å². The van der Waals surface area contributed by atoms with Crippen molar-refractivity contribution in [1.29, 1.82) is 0 Å². The largest absolute Gasteiger partial charge is 0.324 e. The predicted octanol–water partition coefficient (Wildman–Crippen LogP) is 1.96. The van der Waals surface area contributed by atoms with Crippen molar-refractivity contribution in [2.24, 2.45) is 0 Å². The fourth-order valence-corrected chi connectivity index (χ4v) is 2.99. The van der Waals surface area contributed by atoms with Crippen molar-refractivity contribution in [2.75, 3.05) is 19.4 Å². The van der Waals surface area contributed by atoms with Crippen molar-refractivity contribution in [3.8, 4) is 0 Å². The second-order valence-corrected chi connectivity index (χ2v) is 9.02. The van der Waals surface area contributed by atoms with E-state index in [1.165, 1.54) is 26.2 Å². The summed E-state index contributed by atoms with van der Waals surface area (Å²) >= 11 is 0. The summed E-state index contributed by atoms with van der Waals surface area (Å²) < 4.78 is 25.6. The first-order valence-electron chi connectivity index (χ1n) is 7.46. The maximum Gasteiger partial charge on any atom is 0.242 e. The number of sulfonamides is 1. The molecular formula is C16H27N3O3S. The molecule has 0 saturated heterocycles. The molecular weight excluding hydrogens is 314 g/mol. The molecule has 0 aliphatic heterocycles. The molecule has 0 radical (unpaired) electrons. The van der Waals surface area contributed by atoms with Gasteiger partial charge in [-0.15, -0.1) is 0 Å². The molecule has 0 aromatic heterocycles. The number of carbonyl (C=O) groups excluding carboxylic acids is 1. The fourth-order valence-electron chi connectivity index (χ4n) is 2.06. The number of nitrogens with zero attached hydrogens (tertiary/aromatic N) is 1. The van der Waals surface area contributed by atoms with E-state index in [1.807, 2.05) is 27.7 Å². The molecule has 1 aromatic rings. The topological polar surface area (TPSA) is 78.5 Å². The molecule has 0 bridgehead atoms. The van der Waals surface area contributed by atoms with E-state index in [1.54, 1.807) is 13.0 Å². The molecule has 130 valence electrons. The van der Waals surface area contributed by atoms with Gasteiger partial charge in [0.2, 0.25) is 15.9 Å². The summed E-state index contributed by atoms with van der Waals surface area (Å²) in [5.74, 6) is -0.206. The van der Waals surface area contributed by atoms with Crippen molar-refractivity contribution in [2.45, 2.75) is 51.1 Å². The fraction of sp³-hybridized carbons (Fsp3) is 0.562. The van der Waals surface area contributed by atoms with E-state index in [2.05, 4.69) is 10.6 Å². The molecule has 0 aliphatic carbocycles. The van der Waals surface area contributed by atoms with E-state index in [9.17, 15) is 13.2 Å². The summed E-state index contributed by atoms with van der Waals surface area (Å²) in [5.41, 5.74) is 1.11. The number of carbonyl (C=O) groups is 1. The summed E-state index contributed by atoms with van der Waals surface area (Å²) in [4.78, 5) is 12.5. The van der Waals surface area contributed by atoms with Crippen LogP contribution in [0.5, 0.6) is 0 Å². The molecule has 0 unspecified atom stereocenters. The number of benzene rings is 1. The quantitative estimate of drug-likeness (QED) is 0.858. The number of hydrogen-bond acceptors (Lipinski definition) is 4. The summed E-state index contributed by atoms with van der Waals surface area (Å²) in [6, 6.07) is 4.32. The van der Waals surface area contributed by atoms with Crippen molar-refractivity contribution in [3.63, 3.8) is 0 Å². The third-order valence-electron chi connectivity index (χ3n) is 3.29. The van der Waals surface area contributed by atoms with Crippen molar-refractivity contribution in [1.82, 2.24) is 9.62 Å². The lowest BCUT2D eigenvalue weighted by molar-refractivity contribution is -0.118. The molecule has 23 heavy (non-hydrogen) atoms. The lowest BCUT2D eigenvalue weighted by atomic mass is 10.1. The highest BCUT2D eigenvalue weighted by molar-refractivity contribution is 7.89. The Morgan fingerprint density at radius 1 is 1.22 bits per heavy atom. The molecule has 7 heteroatoms. The van der Waals surface area contributed by atoms with Crippen LogP contribution in [0, 0.1) is 6.92 Å². The highest BCUT2D eigenvalue weighted by Crippen LogP contribution is 2.22. The normalized spacial score (nSPS) is 13.9. The van der Waals surface area contributed by atoms with Gasteiger partial charge < -0.3 is 10.6 Å². The van der Waals surface area contributed by atoms with Crippen LogP contribution < -0.4 is 10.6 Å². The molecule has 0 spiro atoms. The lowest BCUT2D eigenvalue weighted by Gasteiger charge is -2.25. The minimum absolute atomic E-state index is 0.153. The number of hydrogen-bond donors (Lipinski definition) is 2. The number of aryl methyl sites for hydroxylation is 1. The first-order chi connectivity index (χ1) is 10.3. The molecule has 1 amide bonds. The average Bonchev–Trinajstić information content (AvgIpc) is 2.38. The molecule has 1 atom stereocenters. The van der Waals surface area contributed by atoms with E-state index in [0.29, 0.717) is 5.69 Å². The van der Waals surface area contributed by atoms with Gasteiger partial charge >= 0.3 is 0 Å². The first kappa shape index (κ1) is 19.6. The zero-order chi connectivity index (χ0) is 18.0. The van der Waals surface area contributed by atoms with Gasteiger partial charge in [0.15, 0.2) is 0 Å². The molecule has 2 N–H and O–H groups in total. The van der Waals surface area contributed by atoms with Crippen LogP contribution in [-0.4, -0.2) is 44.3 Å². The Morgan fingerprint density at radius 3 is 2.26 bits per heavy atom. The highest BCUT2D eigenvalue weighted by atomic mass is 32.2. The Labute approximate surface area is 139 Å². The molecule has 1 rings (SSSR count). The van der Waals surface area contributed by atoms with Crippen LogP contribution in [-0.2, 0) is 14.8 Å². The highest BCUT2D eigenvalue weighted by Gasteiger charge is 2.22. The standard InChI is InChI=1S/C16H27N3O3S/c1-11-8-9-13(23(21,22)19(6)7)10-14(11)17-15(20)12(2)18-16(3,4)5/h8-10,12,18H,1-7H3,(H,17,20)/t12-/m1/s1. The van der Waals surface area contributed by atoms with Gasteiger partial charge in [0.1, 0.15) is 0 Å². The molecule has 0 fully saturated rings. The molecule has 6 nitrogen and oxygen atoms in total. The maximum atomic E-state index is 12.3. The molecule has 0 saturated carbocycles. The van der Waals surface area contributed by atoms with E-state index in [4.69, 9.17) is 0 Å². The first-order valence-corrected chi connectivity index (χ1v) is 8.90. The minimum atomic E-state index is -3.53. The van der Waals surface area contributed by atoms with Gasteiger partial charge in [0.25, 0.3) is 0 Å². The number of amides is 1. The van der Waals surface area contributed by atoms with E-state index >= 15 is 0 Å². The van der Waals surface area contributed by atoms with Crippen LogP contribution in [0.25, 0.3) is 0 Å².